The quantitative estimate of drug-likeness (QED) is 0.348. The SMILES string of the molecule is Cc1ccc(S(=O)(=O)NCCN(CCc2ccc(Br)cc2)C2CCN(c3n[nH]c(N)n3)CC2)cc1. The Labute approximate surface area is 215 Å². The van der Waals surface area contributed by atoms with Crippen LogP contribution in [0.1, 0.15) is 24.0 Å². The first-order chi connectivity index (χ1) is 16.8. The Balaban J connectivity index is 1.38. The van der Waals surface area contributed by atoms with E-state index in [1.165, 1.54) is 5.56 Å². The van der Waals surface area contributed by atoms with Crippen LogP contribution in [0.25, 0.3) is 0 Å². The third-order valence-electron chi connectivity index (χ3n) is 6.38. The van der Waals surface area contributed by atoms with Gasteiger partial charge < -0.3 is 10.6 Å². The smallest absolute Gasteiger partial charge is 0.246 e. The fourth-order valence-electron chi connectivity index (χ4n) is 4.36. The largest absolute Gasteiger partial charge is 0.368 e. The second kappa shape index (κ2) is 11.5. The van der Waals surface area contributed by atoms with E-state index in [-0.39, 0.29) is 0 Å². The molecule has 0 amide bonds. The van der Waals surface area contributed by atoms with Crippen molar-refractivity contribution in [1.82, 2.24) is 24.8 Å². The molecule has 35 heavy (non-hydrogen) atoms. The number of hydrogen-bond acceptors (Lipinski definition) is 7. The molecule has 1 aromatic heterocycles. The molecule has 188 valence electrons. The lowest BCUT2D eigenvalue weighted by molar-refractivity contribution is 0.173. The second-order valence-corrected chi connectivity index (χ2v) is 11.5. The van der Waals surface area contributed by atoms with Crippen LogP contribution in [-0.2, 0) is 16.4 Å². The third kappa shape index (κ3) is 7.03. The van der Waals surface area contributed by atoms with Crippen LogP contribution in [0.5, 0.6) is 0 Å². The maximum Gasteiger partial charge on any atom is 0.246 e. The molecule has 1 aliphatic heterocycles. The zero-order chi connectivity index (χ0) is 24.8. The van der Waals surface area contributed by atoms with Crippen LogP contribution in [0.2, 0.25) is 0 Å². The van der Waals surface area contributed by atoms with Crippen LogP contribution >= 0.6 is 15.9 Å². The van der Waals surface area contributed by atoms with Gasteiger partial charge in [0.2, 0.25) is 21.9 Å². The number of anilines is 2. The summed E-state index contributed by atoms with van der Waals surface area (Å²) in [5, 5.41) is 6.87. The van der Waals surface area contributed by atoms with Gasteiger partial charge in [-0.25, -0.2) is 18.2 Å². The average Bonchev–Trinajstić information content (AvgIpc) is 3.29. The van der Waals surface area contributed by atoms with E-state index in [9.17, 15) is 8.42 Å². The lowest BCUT2D eigenvalue weighted by Crippen LogP contribution is -2.48. The molecule has 0 spiro atoms. The Morgan fingerprint density at radius 3 is 2.43 bits per heavy atom. The van der Waals surface area contributed by atoms with Crippen molar-refractivity contribution in [3.63, 3.8) is 0 Å². The van der Waals surface area contributed by atoms with Gasteiger partial charge in [0.15, 0.2) is 0 Å². The predicted molar refractivity (Wildman–Crippen MR) is 142 cm³/mol. The first-order valence-corrected chi connectivity index (χ1v) is 14.1. The van der Waals surface area contributed by atoms with Crippen LogP contribution in [0.4, 0.5) is 11.9 Å². The first-order valence-electron chi connectivity index (χ1n) is 11.8. The standard InChI is InChI=1S/C24H32BrN7O2S/c1-18-2-8-22(9-3-18)35(33,34)27-13-17-31(14-10-19-4-6-20(25)7-5-19)21-11-15-32(16-12-21)24-28-23(26)29-30-24/h2-9,21,27H,10-17H2,1H3,(H3,26,28,29,30). The van der Waals surface area contributed by atoms with E-state index >= 15 is 0 Å². The molecule has 0 radical (unpaired) electrons. The number of nitrogens with zero attached hydrogens (tertiary/aromatic N) is 4. The summed E-state index contributed by atoms with van der Waals surface area (Å²) >= 11 is 3.49. The van der Waals surface area contributed by atoms with Crippen molar-refractivity contribution in [3.05, 3.63) is 64.1 Å². The summed E-state index contributed by atoms with van der Waals surface area (Å²) < 4.78 is 29.3. The zero-order valence-electron chi connectivity index (χ0n) is 19.8. The van der Waals surface area contributed by atoms with E-state index in [2.05, 4.69) is 69.9 Å². The molecule has 0 bridgehead atoms. The molecule has 0 saturated carbocycles. The molecular weight excluding hydrogens is 530 g/mol. The molecule has 0 aliphatic carbocycles. The van der Waals surface area contributed by atoms with Gasteiger partial charge in [0, 0.05) is 43.2 Å². The van der Waals surface area contributed by atoms with Gasteiger partial charge in [-0.05, 0) is 56.0 Å². The minimum Gasteiger partial charge on any atom is -0.368 e. The van der Waals surface area contributed by atoms with Gasteiger partial charge in [0.1, 0.15) is 0 Å². The molecule has 1 aliphatic rings. The molecule has 1 saturated heterocycles. The van der Waals surface area contributed by atoms with Crippen molar-refractivity contribution in [1.29, 1.82) is 0 Å². The van der Waals surface area contributed by atoms with Crippen molar-refractivity contribution >= 4 is 37.8 Å². The van der Waals surface area contributed by atoms with Gasteiger partial charge >= 0.3 is 0 Å². The number of hydrogen-bond donors (Lipinski definition) is 3. The van der Waals surface area contributed by atoms with Gasteiger partial charge in [0.25, 0.3) is 0 Å². The number of benzene rings is 2. The maximum atomic E-state index is 12.7. The number of aromatic amines is 1. The zero-order valence-corrected chi connectivity index (χ0v) is 22.2. The summed E-state index contributed by atoms with van der Waals surface area (Å²) in [5.41, 5.74) is 7.97. The number of nitrogens with one attached hydrogen (secondary N) is 2. The minimum absolute atomic E-state index is 0.295. The van der Waals surface area contributed by atoms with Crippen molar-refractivity contribution in [2.45, 2.75) is 37.1 Å². The number of H-pyrrole nitrogens is 1. The van der Waals surface area contributed by atoms with Gasteiger partial charge in [-0.1, -0.05) is 45.8 Å². The van der Waals surface area contributed by atoms with Crippen molar-refractivity contribution < 1.29 is 8.42 Å². The summed E-state index contributed by atoms with van der Waals surface area (Å²) in [6.07, 6.45) is 2.79. The topological polar surface area (TPSA) is 120 Å². The summed E-state index contributed by atoms with van der Waals surface area (Å²) in [4.78, 5) is 9.08. The maximum absolute atomic E-state index is 12.7. The summed E-state index contributed by atoms with van der Waals surface area (Å²) in [5.74, 6) is 0.951. The number of aryl methyl sites for hydroxylation is 1. The van der Waals surface area contributed by atoms with Crippen LogP contribution in [-0.4, -0.2) is 67.3 Å². The highest BCUT2D eigenvalue weighted by molar-refractivity contribution is 9.10. The predicted octanol–water partition coefficient (Wildman–Crippen LogP) is 2.95. The lowest BCUT2D eigenvalue weighted by atomic mass is 10.0. The average molecular weight is 563 g/mol. The van der Waals surface area contributed by atoms with E-state index in [1.54, 1.807) is 12.1 Å². The highest BCUT2D eigenvalue weighted by Crippen LogP contribution is 2.21. The molecule has 1 fully saturated rings. The number of piperidine rings is 1. The molecular formula is C24H32BrN7O2S. The van der Waals surface area contributed by atoms with Crippen molar-refractivity contribution in [2.75, 3.05) is 43.4 Å². The number of nitrogen functional groups attached to an aromatic ring is 1. The number of rotatable bonds is 10. The van der Waals surface area contributed by atoms with Gasteiger partial charge in [-0.15, -0.1) is 5.10 Å². The summed E-state index contributed by atoms with van der Waals surface area (Å²) in [6.45, 7) is 5.44. The fourth-order valence-corrected chi connectivity index (χ4v) is 5.65. The summed E-state index contributed by atoms with van der Waals surface area (Å²) in [6, 6.07) is 15.6. The molecule has 4 N–H and O–H groups in total. The summed E-state index contributed by atoms with van der Waals surface area (Å²) in [7, 11) is -3.54. The van der Waals surface area contributed by atoms with Crippen molar-refractivity contribution in [2.24, 2.45) is 0 Å². The molecule has 11 heteroatoms. The van der Waals surface area contributed by atoms with E-state index in [0.29, 0.717) is 35.9 Å². The normalized spacial score (nSPS) is 15.1. The Morgan fingerprint density at radius 2 is 1.80 bits per heavy atom. The van der Waals surface area contributed by atoms with Gasteiger partial charge in [-0.3, -0.25) is 4.90 Å². The van der Waals surface area contributed by atoms with Crippen LogP contribution in [0.15, 0.2) is 57.9 Å². The Kier molecular flexibility index (Phi) is 8.42. The third-order valence-corrected chi connectivity index (χ3v) is 8.38. The first kappa shape index (κ1) is 25.6. The van der Waals surface area contributed by atoms with Crippen molar-refractivity contribution in [3.8, 4) is 0 Å². The van der Waals surface area contributed by atoms with Crippen LogP contribution < -0.4 is 15.4 Å². The Hall–Kier alpha value is -2.47. The number of halogens is 1. The Bertz CT molecular complexity index is 1190. The Morgan fingerprint density at radius 1 is 1.11 bits per heavy atom. The van der Waals surface area contributed by atoms with E-state index in [1.807, 2.05) is 19.1 Å². The highest BCUT2D eigenvalue weighted by atomic mass is 79.9. The molecule has 3 aromatic rings. The second-order valence-electron chi connectivity index (χ2n) is 8.86. The van der Waals surface area contributed by atoms with Gasteiger partial charge in [0.05, 0.1) is 4.90 Å². The molecule has 9 nitrogen and oxygen atoms in total. The van der Waals surface area contributed by atoms with Gasteiger partial charge in [-0.2, -0.15) is 4.98 Å². The minimum atomic E-state index is -3.54. The number of aromatic nitrogens is 3. The van der Waals surface area contributed by atoms with Crippen LogP contribution in [0.3, 0.4) is 0 Å². The molecule has 0 unspecified atom stereocenters. The van der Waals surface area contributed by atoms with E-state index in [0.717, 1.165) is 48.9 Å². The van der Waals surface area contributed by atoms with Crippen LogP contribution in [0, 0.1) is 6.92 Å². The highest BCUT2D eigenvalue weighted by Gasteiger charge is 2.26. The molecule has 2 heterocycles. The lowest BCUT2D eigenvalue weighted by Gasteiger charge is -2.38. The monoisotopic (exact) mass is 561 g/mol. The molecule has 2 aromatic carbocycles. The van der Waals surface area contributed by atoms with E-state index < -0.39 is 10.0 Å². The number of nitrogens with two attached hydrogens (primary N) is 1. The molecule has 4 rings (SSSR count). The van der Waals surface area contributed by atoms with E-state index in [4.69, 9.17) is 5.73 Å². The number of sulfonamides is 1. The molecule has 0 atom stereocenters. The fraction of sp³-hybridized carbons (Fsp3) is 0.417.